The Morgan fingerprint density at radius 3 is 2.05 bits per heavy atom. The lowest BCUT2D eigenvalue weighted by molar-refractivity contribution is -0.0683. The molecule has 0 aromatic heterocycles. The summed E-state index contributed by atoms with van der Waals surface area (Å²) in [5, 5.41) is 1.72. The number of rotatable bonds is 2. The molecule has 110 valence electrons. The summed E-state index contributed by atoms with van der Waals surface area (Å²) in [4.78, 5) is 0. The molecular weight excluding hydrogens is 285 g/mol. The van der Waals surface area contributed by atoms with Crippen LogP contribution in [-0.2, 0) is 0 Å². The Labute approximate surface area is 126 Å². The van der Waals surface area contributed by atoms with Gasteiger partial charge < -0.3 is 0 Å². The van der Waals surface area contributed by atoms with Gasteiger partial charge in [0, 0.05) is 0 Å². The van der Waals surface area contributed by atoms with Crippen molar-refractivity contribution >= 4 is 22.4 Å². The molecule has 0 aliphatic rings. The van der Waals surface area contributed by atoms with E-state index in [-0.39, 0.29) is 5.56 Å². The van der Waals surface area contributed by atoms with Crippen molar-refractivity contribution < 1.29 is 13.2 Å². The fourth-order valence-corrected chi connectivity index (χ4v) is 2.40. The lowest BCUT2D eigenvalue weighted by Gasteiger charge is -2.13. The third-order valence-electron chi connectivity index (χ3n) is 3.48. The molecule has 3 rings (SSSR count). The smallest absolute Gasteiger partial charge is 0.166 e. The molecule has 0 atom stereocenters. The highest BCUT2D eigenvalue weighted by atomic mass is 19.4. The van der Waals surface area contributed by atoms with Crippen LogP contribution >= 0.6 is 0 Å². The second-order valence-electron chi connectivity index (χ2n) is 5.03. The Morgan fingerprint density at radius 1 is 0.727 bits per heavy atom. The number of allylic oxidation sites excluding steroid dienone is 1. The first-order chi connectivity index (χ1) is 10.5. The van der Waals surface area contributed by atoms with Crippen LogP contribution in [0.3, 0.4) is 0 Å². The molecule has 0 nitrogen and oxygen atoms in total. The Kier molecular flexibility index (Phi) is 3.72. The Balaban J connectivity index is 2.14. The highest BCUT2D eigenvalue weighted by Gasteiger charge is 2.34. The number of halogens is 3. The zero-order valence-corrected chi connectivity index (χ0v) is 11.6. The molecule has 3 heteroatoms. The topological polar surface area (TPSA) is 0 Å². The van der Waals surface area contributed by atoms with Crippen molar-refractivity contribution in [2.75, 3.05) is 0 Å². The van der Waals surface area contributed by atoms with Crippen molar-refractivity contribution in [3.05, 3.63) is 83.9 Å². The van der Waals surface area contributed by atoms with E-state index >= 15 is 0 Å². The summed E-state index contributed by atoms with van der Waals surface area (Å²) in [7, 11) is 0. The first kappa shape index (κ1) is 14.4. The van der Waals surface area contributed by atoms with Gasteiger partial charge in [0.25, 0.3) is 0 Å². The average Bonchev–Trinajstić information content (AvgIpc) is 2.52. The van der Waals surface area contributed by atoms with E-state index in [0.717, 1.165) is 10.8 Å². The number of alkyl halides is 3. The molecule has 22 heavy (non-hydrogen) atoms. The number of fused-ring (bicyclic) bond motifs is 1. The molecule has 0 radical (unpaired) electrons. The van der Waals surface area contributed by atoms with Gasteiger partial charge in [-0.05, 0) is 34.0 Å². The Morgan fingerprint density at radius 2 is 1.36 bits per heavy atom. The van der Waals surface area contributed by atoms with Gasteiger partial charge in [-0.3, -0.25) is 0 Å². The fraction of sp³-hybridized carbons (Fsp3) is 0.0526. The zero-order chi connectivity index (χ0) is 15.6. The number of benzene rings is 3. The van der Waals surface area contributed by atoms with E-state index in [1.807, 2.05) is 24.3 Å². The monoisotopic (exact) mass is 298 g/mol. The van der Waals surface area contributed by atoms with Gasteiger partial charge in [-0.2, -0.15) is 13.2 Å². The molecular formula is C19H13F3. The molecule has 0 aliphatic heterocycles. The van der Waals surface area contributed by atoms with E-state index in [9.17, 15) is 13.2 Å². The SMILES string of the molecule is FC(F)(F)/C(=C/c1ccccc1)c1ccc2ccccc2c1. The standard InChI is InChI=1S/C19H13F3/c20-19(21,22)18(12-14-6-2-1-3-7-14)17-11-10-15-8-4-5-9-16(15)13-17/h1-13H/b18-12+. The van der Waals surface area contributed by atoms with Gasteiger partial charge in [0.15, 0.2) is 0 Å². The predicted octanol–water partition coefficient (Wildman–Crippen LogP) is 5.94. The summed E-state index contributed by atoms with van der Waals surface area (Å²) < 4.78 is 40.3. The summed E-state index contributed by atoms with van der Waals surface area (Å²) in [5.41, 5.74) is 0.0717. The molecule has 0 bridgehead atoms. The molecule has 3 aromatic carbocycles. The molecule has 3 aromatic rings. The molecule has 0 saturated carbocycles. The minimum atomic E-state index is -4.40. The Hall–Kier alpha value is -2.55. The zero-order valence-electron chi connectivity index (χ0n) is 11.6. The summed E-state index contributed by atoms with van der Waals surface area (Å²) >= 11 is 0. The quantitative estimate of drug-likeness (QED) is 0.513. The van der Waals surface area contributed by atoms with Crippen LogP contribution in [0.5, 0.6) is 0 Å². The fourth-order valence-electron chi connectivity index (χ4n) is 2.40. The summed E-state index contributed by atoms with van der Waals surface area (Å²) in [6.45, 7) is 0. The lowest BCUT2D eigenvalue weighted by Crippen LogP contribution is -2.10. The second kappa shape index (κ2) is 5.68. The first-order valence-electron chi connectivity index (χ1n) is 6.87. The van der Waals surface area contributed by atoms with Crippen molar-refractivity contribution in [1.29, 1.82) is 0 Å². The van der Waals surface area contributed by atoms with E-state index in [0.29, 0.717) is 5.56 Å². The summed E-state index contributed by atoms with van der Waals surface area (Å²) in [6, 6.07) is 20.7. The van der Waals surface area contributed by atoms with Gasteiger partial charge in [0.2, 0.25) is 0 Å². The predicted molar refractivity (Wildman–Crippen MR) is 84.3 cm³/mol. The molecule has 0 saturated heterocycles. The van der Waals surface area contributed by atoms with E-state index < -0.39 is 11.7 Å². The summed E-state index contributed by atoms with van der Waals surface area (Å²) in [6.07, 6.45) is -3.22. The van der Waals surface area contributed by atoms with Gasteiger partial charge in [0.05, 0.1) is 5.57 Å². The van der Waals surface area contributed by atoms with Crippen LogP contribution in [0.15, 0.2) is 72.8 Å². The van der Waals surface area contributed by atoms with Gasteiger partial charge in [-0.1, -0.05) is 66.7 Å². The number of hydrogen-bond donors (Lipinski definition) is 0. The van der Waals surface area contributed by atoms with Crippen molar-refractivity contribution in [1.82, 2.24) is 0 Å². The van der Waals surface area contributed by atoms with Crippen LogP contribution < -0.4 is 0 Å². The van der Waals surface area contributed by atoms with E-state index in [1.165, 1.54) is 12.1 Å². The van der Waals surface area contributed by atoms with Crippen molar-refractivity contribution in [2.45, 2.75) is 6.18 Å². The van der Waals surface area contributed by atoms with Gasteiger partial charge >= 0.3 is 6.18 Å². The highest BCUT2D eigenvalue weighted by molar-refractivity contribution is 5.91. The molecule has 0 fully saturated rings. The van der Waals surface area contributed by atoms with E-state index in [1.54, 1.807) is 42.5 Å². The van der Waals surface area contributed by atoms with Crippen LogP contribution in [-0.4, -0.2) is 6.18 Å². The van der Waals surface area contributed by atoms with Crippen LogP contribution in [0.4, 0.5) is 13.2 Å². The first-order valence-corrected chi connectivity index (χ1v) is 6.87. The second-order valence-corrected chi connectivity index (χ2v) is 5.03. The molecule has 0 heterocycles. The molecule has 0 N–H and O–H groups in total. The third kappa shape index (κ3) is 3.03. The van der Waals surface area contributed by atoms with Crippen LogP contribution in [0, 0.1) is 0 Å². The van der Waals surface area contributed by atoms with Crippen molar-refractivity contribution in [3.8, 4) is 0 Å². The van der Waals surface area contributed by atoms with Crippen molar-refractivity contribution in [2.24, 2.45) is 0 Å². The molecule has 0 amide bonds. The lowest BCUT2D eigenvalue weighted by atomic mass is 9.99. The normalized spacial score (nSPS) is 12.6. The van der Waals surface area contributed by atoms with Gasteiger partial charge in [0.1, 0.15) is 0 Å². The maximum atomic E-state index is 13.4. The average molecular weight is 298 g/mol. The van der Waals surface area contributed by atoms with Crippen molar-refractivity contribution in [3.63, 3.8) is 0 Å². The molecule has 0 aliphatic carbocycles. The van der Waals surface area contributed by atoms with Crippen LogP contribution in [0.2, 0.25) is 0 Å². The minimum absolute atomic E-state index is 0.176. The van der Waals surface area contributed by atoms with Crippen LogP contribution in [0.1, 0.15) is 11.1 Å². The Bertz CT molecular complexity index is 815. The van der Waals surface area contributed by atoms with Crippen LogP contribution in [0.25, 0.3) is 22.4 Å². The summed E-state index contributed by atoms with van der Waals surface area (Å²) in [5.74, 6) is 0. The van der Waals surface area contributed by atoms with E-state index in [2.05, 4.69) is 0 Å². The van der Waals surface area contributed by atoms with Gasteiger partial charge in [-0.15, -0.1) is 0 Å². The van der Waals surface area contributed by atoms with E-state index in [4.69, 9.17) is 0 Å². The largest absolute Gasteiger partial charge is 0.417 e. The third-order valence-corrected chi connectivity index (χ3v) is 3.48. The highest BCUT2D eigenvalue weighted by Crippen LogP contribution is 2.36. The maximum Gasteiger partial charge on any atom is 0.417 e. The minimum Gasteiger partial charge on any atom is -0.166 e. The number of hydrogen-bond acceptors (Lipinski definition) is 0. The molecule has 0 unspecified atom stereocenters. The maximum absolute atomic E-state index is 13.4. The van der Waals surface area contributed by atoms with Gasteiger partial charge in [-0.25, -0.2) is 0 Å². The molecule has 0 spiro atoms.